The van der Waals surface area contributed by atoms with E-state index in [0.29, 0.717) is 5.88 Å². The van der Waals surface area contributed by atoms with E-state index < -0.39 is 0 Å². The Morgan fingerprint density at radius 1 is 1.28 bits per heavy atom. The van der Waals surface area contributed by atoms with E-state index >= 15 is 0 Å². The third-order valence-corrected chi connectivity index (χ3v) is 3.54. The highest BCUT2D eigenvalue weighted by Gasteiger charge is 2.11. The zero-order valence-corrected chi connectivity index (χ0v) is 12.0. The number of aryl methyl sites for hydroxylation is 3. The summed E-state index contributed by atoms with van der Waals surface area (Å²) in [4.78, 5) is 4.72. The number of hydrogen-bond donors (Lipinski definition) is 0. The van der Waals surface area contributed by atoms with E-state index in [1.165, 1.54) is 30.3 Å². The normalized spacial score (nSPS) is 11.3. The molecule has 2 nitrogen and oxygen atoms in total. The van der Waals surface area contributed by atoms with Gasteiger partial charge in [-0.15, -0.1) is 11.6 Å². The molecule has 0 radical (unpaired) electrons. The summed E-state index contributed by atoms with van der Waals surface area (Å²) in [5.41, 5.74) is 3.69. The highest BCUT2D eigenvalue weighted by molar-refractivity contribution is 6.17. The van der Waals surface area contributed by atoms with Crippen LogP contribution in [-0.4, -0.2) is 15.4 Å². The van der Waals surface area contributed by atoms with Crippen molar-refractivity contribution in [3.63, 3.8) is 0 Å². The maximum atomic E-state index is 5.88. The Hall–Kier alpha value is -1.02. The molecule has 0 saturated heterocycles. The minimum Gasteiger partial charge on any atom is -0.328 e. The standard InChI is InChI=1S/C15H21ClN2/c1-3-4-5-11-18-14(9-10-16)17-13-8-6-7-12(2)15(13)18/h6-8H,3-5,9-11H2,1-2H3. The van der Waals surface area contributed by atoms with Crippen LogP contribution in [0.2, 0.25) is 0 Å². The van der Waals surface area contributed by atoms with Crippen LogP contribution in [0.1, 0.15) is 37.6 Å². The number of nitrogens with zero attached hydrogens (tertiary/aromatic N) is 2. The second-order valence-electron chi connectivity index (χ2n) is 4.77. The monoisotopic (exact) mass is 264 g/mol. The molecule has 0 unspecified atom stereocenters. The molecule has 0 aliphatic rings. The second kappa shape index (κ2) is 6.24. The van der Waals surface area contributed by atoms with Crippen LogP contribution in [0.25, 0.3) is 11.0 Å². The number of aromatic nitrogens is 2. The molecule has 1 aromatic carbocycles. The van der Waals surface area contributed by atoms with Crippen molar-refractivity contribution in [1.29, 1.82) is 0 Å². The van der Waals surface area contributed by atoms with Crippen molar-refractivity contribution in [2.75, 3.05) is 5.88 Å². The van der Waals surface area contributed by atoms with Crippen LogP contribution in [-0.2, 0) is 13.0 Å². The summed E-state index contributed by atoms with van der Waals surface area (Å²) in [5.74, 6) is 1.77. The van der Waals surface area contributed by atoms with E-state index in [9.17, 15) is 0 Å². The van der Waals surface area contributed by atoms with Gasteiger partial charge in [-0.05, 0) is 25.0 Å². The molecule has 18 heavy (non-hydrogen) atoms. The second-order valence-corrected chi connectivity index (χ2v) is 5.15. The van der Waals surface area contributed by atoms with Crippen molar-refractivity contribution in [2.24, 2.45) is 0 Å². The van der Waals surface area contributed by atoms with Crippen LogP contribution in [0.15, 0.2) is 18.2 Å². The minimum absolute atomic E-state index is 0.635. The fraction of sp³-hybridized carbons (Fsp3) is 0.533. The van der Waals surface area contributed by atoms with Crippen LogP contribution in [0, 0.1) is 6.92 Å². The number of halogens is 1. The summed E-state index contributed by atoms with van der Waals surface area (Å²) in [6.07, 6.45) is 4.58. The number of fused-ring (bicyclic) bond motifs is 1. The number of unbranched alkanes of at least 4 members (excludes halogenated alkanes) is 2. The molecule has 0 atom stereocenters. The number of para-hydroxylation sites is 1. The average Bonchev–Trinajstić information content (AvgIpc) is 2.70. The highest BCUT2D eigenvalue weighted by Crippen LogP contribution is 2.21. The molecule has 1 heterocycles. The Morgan fingerprint density at radius 2 is 2.11 bits per heavy atom. The Labute approximate surface area is 114 Å². The van der Waals surface area contributed by atoms with Gasteiger partial charge in [0, 0.05) is 18.8 Å². The zero-order chi connectivity index (χ0) is 13.0. The lowest BCUT2D eigenvalue weighted by atomic mass is 10.2. The summed E-state index contributed by atoms with van der Waals surface area (Å²) >= 11 is 5.88. The van der Waals surface area contributed by atoms with E-state index in [0.717, 1.165) is 24.3 Å². The van der Waals surface area contributed by atoms with Gasteiger partial charge in [-0.2, -0.15) is 0 Å². The first-order valence-corrected chi connectivity index (χ1v) is 7.32. The van der Waals surface area contributed by atoms with Crippen LogP contribution in [0.5, 0.6) is 0 Å². The van der Waals surface area contributed by atoms with Gasteiger partial charge in [0.2, 0.25) is 0 Å². The molecule has 0 N–H and O–H groups in total. The van der Waals surface area contributed by atoms with Crippen LogP contribution < -0.4 is 0 Å². The highest BCUT2D eigenvalue weighted by atomic mass is 35.5. The SMILES string of the molecule is CCCCCn1c(CCCl)nc2cccc(C)c21. The predicted molar refractivity (Wildman–Crippen MR) is 78.4 cm³/mol. The van der Waals surface area contributed by atoms with Crippen molar-refractivity contribution in [3.8, 4) is 0 Å². The van der Waals surface area contributed by atoms with Gasteiger partial charge >= 0.3 is 0 Å². The summed E-state index contributed by atoms with van der Waals surface area (Å²) in [6, 6.07) is 6.33. The predicted octanol–water partition coefficient (Wildman–Crippen LogP) is 4.32. The van der Waals surface area contributed by atoms with Crippen LogP contribution >= 0.6 is 11.6 Å². The molecule has 2 rings (SSSR count). The first-order chi connectivity index (χ1) is 8.77. The maximum absolute atomic E-state index is 5.88. The van der Waals surface area contributed by atoms with E-state index in [2.05, 4.69) is 36.6 Å². The van der Waals surface area contributed by atoms with Crippen LogP contribution in [0.4, 0.5) is 0 Å². The summed E-state index contributed by atoms with van der Waals surface area (Å²) in [6.45, 7) is 5.45. The van der Waals surface area contributed by atoms with Crippen LogP contribution in [0.3, 0.4) is 0 Å². The summed E-state index contributed by atoms with van der Waals surface area (Å²) < 4.78 is 2.36. The van der Waals surface area contributed by atoms with E-state index in [-0.39, 0.29) is 0 Å². The lowest BCUT2D eigenvalue weighted by Crippen LogP contribution is -2.05. The smallest absolute Gasteiger partial charge is 0.111 e. The largest absolute Gasteiger partial charge is 0.328 e. The van der Waals surface area contributed by atoms with Gasteiger partial charge in [-0.1, -0.05) is 31.9 Å². The van der Waals surface area contributed by atoms with Gasteiger partial charge in [0.1, 0.15) is 5.82 Å². The fourth-order valence-electron chi connectivity index (χ4n) is 2.45. The molecule has 0 aliphatic heterocycles. The third-order valence-electron chi connectivity index (χ3n) is 3.35. The number of imidazole rings is 1. The molecule has 0 bridgehead atoms. The summed E-state index contributed by atoms with van der Waals surface area (Å²) in [7, 11) is 0. The third kappa shape index (κ3) is 2.69. The molecule has 0 fully saturated rings. The lowest BCUT2D eigenvalue weighted by Gasteiger charge is -2.09. The molecule has 2 aromatic rings. The summed E-state index contributed by atoms with van der Waals surface area (Å²) in [5, 5.41) is 0. The Kier molecular flexibility index (Phi) is 4.65. The number of rotatable bonds is 6. The Morgan fingerprint density at radius 3 is 2.83 bits per heavy atom. The van der Waals surface area contributed by atoms with Gasteiger partial charge in [-0.25, -0.2) is 4.98 Å². The molecule has 98 valence electrons. The molecular weight excluding hydrogens is 244 g/mol. The Balaban J connectivity index is 2.40. The maximum Gasteiger partial charge on any atom is 0.111 e. The number of alkyl halides is 1. The van der Waals surface area contributed by atoms with Gasteiger partial charge in [0.15, 0.2) is 0 Å². The molecular formula is C15H21ClN2. The van der Waals surface area contributed by atoms with Crippen molar-refractivity contribution in [3.05, 3.63) is 29.6 Å². The van der Waals surface area contributed by atoms with Crippen molar-refractivity contribution < 1.29 is 0 Å². The topological polar surface area (TPSA) is 17.8 Å². The number of hydrogen-bond acceptors (Lipinski definition) is 1. The molecule has 1 aromatic heterocycles. The average molecular weight is 265 g/mol. The van der Waals surface area contributed by atoms with Crippen molar-refractivity contribution >= 4 is 22.6 Å². The van der Waals surface area contributed by atoms with Crippen molar-refractivity contribution in [2.45, 2.75) is 46.1 Å². The van der Waals surface area contributed by atoms with Gasteiger partial charge in [0.25, 0.3) is 0 Å². The van der Waals surface area contributed by atoms with Gasteiger partial charge < -0.3 is 4.57 Å². The number of benzene rings is 1. The van der Waals surface area contributed by atoms with Gasteiger partial charge in [-0.3, -0.25) is 0 Å². The molecule has 0 amide bonds. The zero-order valence-electron chi connectivity index (χ0n) is 11.2. The van der Waals surface area contributed by atoms with Crippen molar-refractivity contribution in [1.82, 2.24) is 9.55 Å². The minimum atomic E-state index is 0.635. The lowest BCUT2D eigenvalue weighted by molar-refractivity contribution is 0.594. The molecule has 0 spiro atoms. The first-order valence-electron chi connectivity index (χ1n) is 6.78. The molecule has 0 aliphatic carbocycles. The fourth-order valence-corrected chi connectivity index (χ4v) is 2.62. The molecule has 3 heteroatoms. The van der Waals surface area contributed by atoms with Gasteiger partial charge in [0.05, 0.1) is 11.0 Å². The quantitative estimate of drug-likeness (QED) is 0.561. The van der Waals surface area contributed by atoms with E-state index in [4.69, 9.17) is 16.6 Å². The Bertz CT molecular complexity index is 516. The first kappa shape index (κ1) is 13.4. The van der Waals surface area contributed by atoms with E-state index in [1.54, 1.807) is 0 Å². The van der Waals surface area contributed by atoms with E-state index in [1.807, 2.05) is 0 Å². The molecule has 0 saturated carbocycles.